The first-order valence-corrected chi connectivity index (χ1v) is 11.9. The molecular weight excluding hydrogens is 462 g/mol. The molecule has 3 heterocycles. The maximum absolute atomic E-state index is 12.7. The zero-order valence-corrected chi connectivity index (χ0v) is 20.6. The van der Waals surface area contributed by atoms with Gasteiger partial charge in [0.2, 0.25) is 5.91 Å². The number of hydrogen-bond donors (Lipinski definition) is 2. The highest BCUT2D eigenvalue weighted by Gasteiger charge is 2.32. The Morgan fingerprint density at radius 2 is 1.86 bits per heavy atom. The van der Waals surface area contributed by atoms with Crippen molar-refractivity contribution in [3.8, 4) is 23.3 Å². The van der Waals surface area contributed by atoms with Crippen LogP contribution in [0.4, 0.5) is 5.82 Å². The number of amides is 2. The molecule has 2 amide bonds. The second kappa shape index (κ2) is 11.2. The minimum absolute atomic E-state index is 0.100. The summed E-state index contributed by atoms with van der Waals surface area (Å²) < 4.78 is 17.9. The van der Waals surface area contributed by atoms with Crippen molar-refractivity contribution in [3.05, 3.63) is 47.7 Å². The van der Waals surface area contributed by atoms with Crippen LogP contribution in [0.3, 0.4) is 0 Å². The predicted octanol–water partition coefficient (Wildman–Crippen LogP) is 1.95. The van der Waals surface area contributed by atoms with E-state index in [4.69, 9.17) is 25.0 Å². The van der Waals surface area contributed by atoms with Gasteiger partial charge in [-0.2, -0.15) is 5.10 Å². The van der Waals surface area contributed by atoms with E-state index in [0.29, 0.717) is 55.6 Å². The lowest BCUT2D eigenvalue weighted by Crippen LogP contribution is -2.31. The largest absolute Gasteiger partial charge is 0.497 e. The van der Waals surface area contributed by atoms with Crippen LogP contribution < -0.4 is 20.5 Å². The molecule has 0 radical (unpaired) electrons. The van der Waals surface area contributed by atoms with Crippen LogP contribution in [0.5, 0.6) is 11.5 Å². The molecule has 0 spiro atoms. The molecule has 2 fully saturated rings. The lowest BCUT2D eigenvalue weighted by Gasteiger charge is -2.26. The van der Waals surface area contributed by atoms with Gasteiger partial charge < -0.3 is 30.2 Å². The molecular formula is C26H31N5O5. The van der Waals surface area contributed by atoms with E-state index in [1.54, 1.807) is 42.0 Å². The van der Waals surface area contributed by atoms with E-state index in [2.05, 4.69) is 23.7 Å². The second-order valence-corrected chi connectivity index (χ2v) is 8.69. The average molecular weight is 494 g/mol. The second-order valence-electron chi connectivity index (χ2n) is 8.69. The number of anilines is 1. The molecule has 2 aliphatic rings. The van der Waals surface area contributed by atoms with Gasteiger partial charge in [-0.1, -0.05) is 12.5 Å². The van der Waals surface area contributed by atoms with Gasteiger partial charge in [0.1, 0.15) is 22.9 Å². The molecule has 0 aliphatic carbocycles. The van der Waals surface area contributed by atoms with Crippen LogP contribution in [0, 0.1) is 11.8 Å². The topological polar surface area (TPSA) is 121 Å². The highest BCUT2D eigenvalue weighted by Crippen LogP contribution is 2.31. The van der Waals surface area contributed by atoms with Gasteiger partial charge in [0.15, 0.2) is 5.69 Å². The fourth-order valence-corrected chi connectivity index (χ4v) is 4.47. The van der Waals surface area contributed by atoms with E-state index in [1.165, 1.54) is 6.08 Å². The number of nitrogens with two attached hydrogens (primary N) is 1. The van der Waals surface area contributed by atoms with E-state index < -0.39 is 5.91 Å². The number of nitrogens with zero attached hydrogens (tertiary/aromatic N) is 3. The van der Waals surface area contributed by atoms with Gasteiger partial charge in [0.05, 0.1) is 20.3 Å². The summed E-state index contributed by atoms with van der Waals surface area (Å²) in [6, 6.07) is 5.26. The molecule has 190 valence electrons. The molecule has 10 heteroatoms. The van der Waals surface area contributed by atoms with Crippen LogP contribution in [-0.2, 0) is 9.53 Å². The number of methoxy groups -OCH3 is 2. The highest BCUT2D eigenvalue weighted by atomic mass is 16.5. The predicted molar refractivity (Wildman–Crippen MR) is 134 cm³/mol. The smallest absolute Gasteiger partial charge is 0.255 e. The summed E-state index contributed by atoms with van der Waals surface area (Å²) in [6.45, 7) is 5.87. The Morgan fingerprint density at radius 3 is 2.47 bits per heavy atom. The van der Waals surface area contributed by atoms with E-state index in [-0.39, 0.29) is 29.2 Å². The lowest BCUT2D eigenvalue weighted by molar-refractivity contribution is -0.125. The van der Waals surface area contributed by atoms with Crippen molar-refractivity contribution in [2.45, 2.75) is 31.3 Å². The van der Waals surface area contributed by atoms with Gasteiger partial charge in [-0.15, -0.1) is 0 Å². The summed E-state index contributed by atoms with van der Waals surface area (Å²) in [5, 5.41) is 8.20. The number of carbonyl (C=O) groups is 2. The van der Waals surface area contributed by atoms with Crippen LogP contribution in [0.25, 0.3) is 0 Å². The van der Waals surface area contributed by atoms with Gasteiger partial charge in [-0.05, 0) is 43.4 Å². The van der Waals surface area contributed by atoms with Crippen molar-refractivity contribution in [1.29, 1.82) is 0 Å². The SMILES string of the molecule is C=CC(=O)N1CCC(n2nc(C#Cc3cc(OC)cc(OC)c3)c(C(N)=O)c2NC2CCOCC2)C1. The minimum atomic E-state index is -0.625. The molecule has 1 aromatic carbocycles. The molecule has 1 atom stereocenters. The molecule has 4 rings (SSSR count). The number of carbonyl (C=O) groups excluding carboxylic acids is 2. The number of primary amides is 1. The Bertz CT molecular complexity index is 1180. The van der Waals surface area contributed by atoms with Gasteiger partial charge in [-0.3, -0.25) is 9.59 Å². The quantitative estimate of drug-likeness (QED) is 0.447. The van der Waals surface area contributed by atoms with Crippen molar-refractivity contribution in [2.24, 2.45) is 5.73 Å². The number of likely N-dealkylation sites (tertiary alicyclic amines) is 1. The summed E-state index contributed by atoms with van der Waals surface area (Å²) in [5.41, 5.74) is 6.99. The van der Waals surface area contributed by atoms with Crippen molar-refractivity contribution < 1.29 is 23.8 Å². The monoisotopic (exact) mass is 493 g/mol. The number of rotatable bonds is 7. The Hall–Kier alpha value is -3.97. The summed E-state index contributed by atoms with van der Waals surface area (Å²) >= 11 is 0. The molecule has 2 saturated heterocycles. The van der Waals surface area contributed by atoms with Crippen molar-refractivity contribution in [3.63, 3.8) is 0 Å². The summed E-state index contributed by atoms with van der Waals surface area (Å²) in [4.78, 5) is 26.5. The van der Waals surface area contributed by atoms with Crippen LogP contribution in [0.15, 0.2) is 30.9 Å². The number of benzene rings is 1. The van der Waals surface area contributed by atoms with Crippen molar-refractivity contribution in [2.75, 3.05) is 45.8 Å². The van der Waals surface area contributed by atoms with Gasteiger partial charge in [0.25, 0.3) is 5.91 Å². The Morgan fingerprint density at radius 1 is 1.17 bits per heavy atom. The lowest BCUT2D eigenvalue weighted by atomic mass is 10.1. The zero-order valence-electron chi connectivity index (χ0n) is 20.6. The highest BCUT2D eigenvalue weighted by molar-refractivity contribution is 6.00. The molecule has 36 heavy (non-hydrogen) atoms. The molecule has 3 N–H and O–H groups in total. The summed E-state index contributed by atoms with van der Waals surface area (Å²) in [7, 11) is 3.13. The van der Waals surface area contributed by atoms with Gasteiger partial charge in [-0.25, -0.2) is 4.68 Å². The number of nitrogens with one attached hydrogen (secondary N) is 1. The zero-order chi connectivity index (χ0) is 25.7. The number of hydrogen-bond acceptors (Lipinski definition) is 7. The van der Waals surface area contributed by atoms with E-state index in [9.17, 15) is 9.59 Å². The molecule has 2 aliphatic heterocycles. The minimum Gasteiger partial charge on any atom is -0.497 e. The van der Waals surface area contributed by atoms with Crippen molar-refractivity contribution >= 4 is 17.6 Å². The van der Waals surface area contributed by atoms with E-state index >= 15 is 0 Å². The van der Waals surface area contributed by atoms with Crippen LogP contribution in [0.2, 0.25) is 0 Å². The standard InChI is InChI=1S/C26H31N5O5/c1-4-23(32)30-10-7-19(16-30)31-26(28-18-8-11-36-12-9-18)24(25(27)33)22(29-31)6-5-17-13-20(34-2)15-21(14-17)35-3/h4,13-15,18-19,28H,1,7-12,16H2,2-3H3,(H2,27,33). The fourth-order valence-electron chi connectivity index (χ4n) is 4.47. The fraction of sp³-hybridized carbons (Fsp3) is 0.423. The Labute approximate surface area is 210 Å². The van der Waals surface area contributed by atoms with Crippen molar-refractivity contribution in [1.82, 2.24) is 14.7 Å². The maximum atomic E-state index is 12.7. The van der Waals surface area contributed by atoms with Gasteiger partial charge >= 0.3 is 0 Å². The van der Waals surface area contributed by atoms with E-state index in [0.717, 1.165) is 12.8 Å². The molecule has 1 unspecified atom stereocenters. The Balaban J connectivity index is 1.75. The molecule has 10 nitrogen and oxygen atoms in total. The molecule has 0 bridgehead atoms. The molecule has 2 aromatic rings. The first-order valence-electron chi connectivity index (χ1n) is 11.9. The summed E-state index contributed by atoms with van der Waals surface area (Å²) in [5.74, 6) is 7.04. The van der Waals surface area contributed by atoms with Crippen LogP contribution >= 0.6 is 0 Å². The third-order valence-corrected chi connectivity index (χ3v) is 6.39. The maximum Gasteiger partial charge on any atom is 0.255 e. The number of ether oxygens (including phenoxy) is 3. The average Bonchev–Trinajstić information content (AvgIpc) is 3.52. The Kier molecular flexibility index (Phi) is 7.80. The first kappa shape index (κ1) is 25.1. The molecule has 0 saturated carbocycles. The van der Waals surface area contributed by atoms with Crippen LogP contribution in [-0.4, -0.2) is 73.1 Å². The van der Waals surface area contributed by atoms with Crippen LogP contribution in [0.1, 0.15) is 46.9 Å². The normalized spacial score (nSPS) is 17.7. The molecule has 1 aromatic heterocycles. The number of aromatic nitrogens is 2. The van der Waals surface area contributed by atoms with Gasteiger partial charge in [0, 0.05) is 44.0 Å². The van der Waals surface area contributed by atoms with E-state index in [1.807, 2.05) is 0 Å². The third-order valence-electron chi connectivity index (χ3n) is 6.39. The third kappa shape index (κ3) is 5.47. The summed E-state index contributed by atoms with van der Waals surface area (Å²) in [6.07, 6.45) is 3.57. The first-order chi connectivity index (χ1) is 17.4.